The van der Waals surface area contributed by atoms with Crippen LogP contribution in [-0.2, 0) is 13.5 Å². The minimum atomic E-state index is 0.205. The molecule has 0 amide bonds. The summed E-state index contributed by atoms with van der Waals surface area (Å²) in [4.78, 5) is 5.54. The first-order valence-electron chi connectivity index (χ1n) is 6.06. The second kappa shape index (κ2) is 5.59. The van der Waals surface area contributed by atoms with Crippen molar-refractivity contribution in [3.05, 3.63) is 41.7 Å². The standard InChI is InChI=1S/C14H19N3S/c1-10-8-13(5-4-12(10)9-11(2)15)18-14-16-6-7-17(14)3/h4-8,11H,9,15H2,1-3H3. The van der Waals surface area contributed by atoms with Gasteiger partial charge in [-0.2, -0.15) is 0 Å². The van der Waals surface area contributed by atoms with Crippen molar-refractivity contribution in [3.8, 4) is 0 Å². The zero-order valence-electron chi connectivity index (χ0n) is 11.1. The van der Waals surface area contributed by atoms with Gasteiger partial charge < -0.3 is 10.3 Å². The zero-order chi connectivity index (χ0) is 13.1. The number of aromatic nitrogens is 2. The number of aryl methyl sites for hydroxylation is 2. The van der Waals surface area contributed by atoms with Crippen molar-refractivity contribution in [1.29, 1.82) is 0 Å². The maximum atomic E-state index is 5.84. The van der Waals surface area contributed by atoms with E-state index in [9.17, 15) is 0 Å². The fourth-order valence-electron chi connectivity index (χ4n) is 1.86. The highest BCUT2D eigenvalue weighted by molar-refractivity contribution is 7.99. The average Bonchev–Trinajstić information content (AvgIpc) is 2.68. The van der Waals surface area contributed by atoms with Gasteiger partial charge in [-0.3, -0.25) is 0 Å². The number of imidazole rings is 1. The lowest BCUT2D eigenvalue weighted by Gasteiger charge is -2.10. The van der Waals surface area contributed by atoms with Crippen molar-refractivity contribution in [2.45, 2.75) is 36.4 Å². The molecule has 2 rings (SSSR count). The summed E-state index contributed by atoms with van der Waals surface area (Å²) in [6, 6.07) is 6.72. The summed E-state index contributed by atoms with van der Waals surface area (Å²) in [5.41, 5.74) is 8.47. The summed E-state index contributed by atoms with van der Waals surface area (Å²) < 4.78 is 2.02. The molecule has 3 nitrogen and oxygen atoms in total. The number of nitrogens with zero attached hydrogens (tertiary/aromatic N) is 2. The maximum absolute atomic E-state index is 5.84. The predicted octanol–water partition coefficient (Wildman–Crippen LogP) is 2.77. The molecule has 0 saturated carbocycles. The number of hydrogen-bond acceptors (Lipinski definition) is 3. The molecule has 1 heterocycles. The maximum Gasteiger partial charge on any atom is 0.172 e. The third-order valence-electron chi connectivity index (χ3n) is 2.84. The molecule has 0 aliphatic carbocycles. The van der Waals surface area contributed by atoms with Crippen molar-refractivity contribution < 1.29 is 0 Å². The minimum absolute atomic E-state index is 0.205. The highest BCUT2D eigenvalue weighted by Crippen LogP contribution is 2.27. The molecule has 1 unspecified atom stereocenters. The molecule has 0 saturated heterocycles. The molecule has 0 aliphatic rings. The first-order chi connectivity index (χ1) is 8.56. The van der Waals surface area contributed by atoms with E-state index >= 15 is 0 Å². The molecule has 96 valence electrons. The summed E-state index contributed by atoms with van der Waals surface area (Å²) in [5, 5.41) is 1.01. The van der Waals surface area contributed by atoms with E-state index in [4.69, 9.17) is 5.73 Å². The predicted molar refractivity (Wildman–Crippen MR) is 75.9 cm³/mol. The Balaban J connectivity index is 2.16. The quantitative estimate of drug-likeness (QED) is 0.920. The molecule has 0 bridgehead atoms. The lowest BCUT2D eigenvalue weighted by atomic mass is 10.0. The molecule has 1 aromatic heterocycles. The van der Waals surface area contributed by atoms with Gasteiger partial charge in [-0.15, -0.1) is 0 Å². The highest BCUT2D eigenvalue weighted by atomic mass is 32.2. The molecule has 2 N–H and O–H groups in total. The Morgan fingerprint density at radius 2 is 2.22 bits per heavy atom. The highest BCUT2D eigenvalue weighted by Gasteiger charge is 2.06. The number of nitrogens with two attached hydrogens (primary N) is 1. The van der Waals surface area contributed by atoms with Crippen molar-refractivity contribution in [2.75, 3.05) is 0 Å². The van der Waals surface area contributed by atoms with Gasteiger partial charge in [-0.1, -0.05) is 17.8 Å². The van der Waals surface area contributed by atoms with E-state index in [-0.39, 0.29) is 6.04 Å². The van der Waals surface area contributed by atoms with Crippen LogP contribution >= 0.6 is 11.8 Å². The van der Waals surface area contributed by atoms with Gasteiger partial charge in [0.05, 0.1) is 0 Å². The SMILES string of the molecule is Cc1cc(Sc2nccn2C)ccc1CC(C)N. The van der Waals surface area contributed by atoms with Crippen LogP contribution in [0.2, 0.25) is 0 Å². The molecule has 18 heavy (non-hydrogen) atoms. The summed E-state index contributed by atoms with van der Waals surface area (Å²) in [5.74, 6) is 0. The van der Waals surface area contributed by atoms with Gasteiger partial charge in [0.25, 0.3) is 0 Å². The van der Waals surface area contributed by atoms with Gasteiger partial charge in [-0.25, -0.2) is 4.98 Å². The van der Waals surface area contributed by atoms with E-state index in [1.54, 1.807) is 11.8 Å². The summed E-state index contributed by atoms with van der Waals surface area (Å²) in [6.07, 6.45) is 4.71. The molecule has 0 spiro atoms. The molecule has 1 atom stereocenters. The van der Waals surface area contributed by atoms with Crippen molar-refractivity contribution in [1.82, 2.24) is 9.55 Å². The van der Waals surface area contributed by atoms with Gasteiger partial charge in [0.2, 0.25) is 0 Å². The number of benzene rings is 1. The Labute approximate surface area is 112 Å². The number of rotatable bonds is 4. The van der Waals surface area contributed by atoms with Crippen molar-refractivity contribution in [3.63, 3.8) is 0 Å². The first kappa shape index (κ1) is 13.2. The van der Waals surface area contributed by atoms with E-state index in [2.05, 4.69) is 30.1 Å². The van der Waals surface area contributed by atoms with Gasteiger partial charge in [0, 0.05) is 30.4 Å². The molecule has 4 heteroatoms. The van der Waals surface area contributed by atoms with E-state index in [1.165, 1.54) is 16.0 Å². The molecular weight excluding hydrogens is 242 g/mol. The lowest BCUT2D eigenvalue weighted by Crippen LogP contribution is -2.18. The number of hydrogen-bond donors (Lipinski definition) is 1. The van der Waals surface area contributed by atoms with E-state index in [0.717, 1.165) is 11.6 Å². The van der Waals surface area contributed by atoms with Crippen LogP contribution in [0.1, 0.15) is 18.1 Å². The molecule has 0 fully saturated rings. The Morgan fingerprint density at radius 3 is 2.78 bits per heavy atom. The van der Waals surface area contributed by atoms with Crippen LogP contribution in [0.3, 0.4) is 0 Å². The lowest BCUT2D eigenvalue weighted by molar-refractivity contribution is 0.734. The topological polar surface area (TPSA) is 43.8 Å². The van der Waals surface area contributed by atoms with Crippen molar-refractivity contribution >= 4 is 11.8 Å². The fraction of sp³-hybridized carbons (Fsp3) is 0.357. The largest absolute Gasteiger partial charge is 0.329 e. The normalized spacial score (nSPS) is 12.7. The monoisotopic (exact) mass is 261 g/mol. The van der Waals surface area contributed by atoms with Gasteiger partial charge in [-0.05, 0) is 43.5 Å². The molecule has 0 aliphatic heterocycles. The molecular formula is C14H19N3S. The van der Waals surface area contributed by atoms with Crippen LogP contribution in [0, 0.1) is 6.92 Å². The summed E-state index contributed by atoms with van der Waals surface area (Å²) in [6.45, 7) is 4.18. The van der Waals surface area contributed by atoms with E-state index < -0.39 is 0 Å². The van der Waals surface area contributed by atoms with Gasteiger partial charge in [0.1, 0.15) is 0 Å². The third-order valence-corrected chi connectivity index (χ3v) is 3.91. The third kappa shape index (κ3) is 3.15. The molecule has 2 aromatic rings. The zero-order valence-corrected chi connectivity index (χ0v) is 11.9. The van der Waals surface area contributed by atoms with Crippen LogP contribution in [0.25, 0.3) is 0 Å². The van der Waals surface area contributed by atoms with Crippen LogP contribution in [0.4, 0.5) is 0 Å². The van der Waals surface area contributed by atoms with Gasteiger partial charge in [0.15, 0.2) is 5.16 Å². The second-order valence-electron chi connectivity index (χ2n) is 4.69. The molecule has 1 aromatic carbocycles. The van der Waals surface area contributed by atoms with Crippen LogP contribution in [0.5, 0.6) is 0 Å². The first-order valence-corrected chi connectivity index (χ1v) is 6.88. The smallest absolute Gasteiger partial charge is 0.172 e. The summed E-state index contributed by atoms with van der Waals surface area (Å²) in [7, 11) is 2.01. The van der Waals surface area contributed by atoms with Gasteiger partial charge >= 0.3 is 0 Å². The van der Waals surface area contributed by atoms with Crippen LogP contribution in [-0.4, -0.2) is 15.6 Å². The average molecular weight is 261 g/mol. The second-order valence-corrected chi connectivity index (χ2v) is 5.73. The fourth-order valence-corrected chi connectivity index (χ4v) is 2.76. The molecule has 0 radical (unpaired) electrons. The van der Waals surface area contributed by atoms with E-state index in [1.807, 2.05) is 30.9 Å². The Bertz CT molecular complexity index is 532. The van der Waals surface area contributed by atoms with E-state index in [0.29, 0.717) is 0 Å². The Hall–Kier alpha value is -1.26. The van der Waals surface area contributed by atoms with Crippen LogP contribution in [0.15, 0.2) is 40.6 Å². The minimum Gasteiger partial charge on any atom is -0.329 e. The Morgan fingerprint density at radius 1 is 1.44 bits per heavy atom. The Kier molecular flexibility index (Phi) is 4.09. The summed E-state index contributed by atoms with van der Waals surface area (Å²) >= 11 is 1.68. The van der Waals surface area contributed by atoms with Crippen LogP contribution < -0.4 is 5.73 Å². The van der Waals surface area contributed by atoms with Crippen molar-refractivity contribution in [2.24, 2.45) is 12.8 Å².